The first-order valence-corrected chi connectivity index (χ1v) is 18.5. The minimum absolute atomic E-state index is 0.0732. The van der Waals surface area contributed by atoms with Crippen LogP contribution in [0.25, 0.3) is 0 Å². The van der Waals surface area contributed by atoms with Gasteiger partial charge in [0.2, 0.25) is 5.91 Å². The summed E-state index contributed by atoms with van der Waals surface area (Å²) in [6, 6.07) is 15.4. The van der Waals surface area contributed by atoms with Crippen molar-refractivity contribution in [3.63, 3.8) is 0 Å². The summed E-state index contributed by atoms with van der Waals surface area (Å²) in [5, 5.41) is 25.0. The van der Waals surface area contributed by atoms with Gasteiger partial charge in [-0.1, -0.05) is 29.8 Å². The zero-order valence-corrected chi connectivity index (χ0v) is 30.3. The number of carbonyl (C=O) groups excluding carboxylic acids is 3. The molecule has 0 radical (unpaired) electrons. The van der Waals surface area contributed by atoms with Crippen molar-refractivity contribution in [2.75, 3.05) is 35.6 Å². The molecule has 0 bridgehead atoms. The SMILES string of the molecule is N=C(CCCCNC(=O)CCSCc1cccc(C(=O)Nc2ccc(N3CCCCC3)cc2C(=O)N/N=C/c2ccc(Cl)c(C(F)(F)F)c2)c1)C(=O)O. The molecule has 0 unspecified atom stereocenters. The monoisotopic (exact) mass is 772 g/mol. The number of carboxylic acids is 1. The molecule has 53 heavy (non-hydrogen) atoms. The minimum Gasteiger partial charge on any atom is -0.477 e. The Balaban J connectivity index is 1.36. The molecule has 0 spiro atoms. The van der Waals surface area contributed by atoms with Crippen LogP contribution in [0.15, 0.2) is 65.8 Å². The first kappa shape index (κ1) is 40.9. The number of amides is 3. The maximum Gasteiger partial charge on any atom is 0.417 e. The van der Waals surface area contributed by atoms with E-state index in [4.69, 9.17) is 22.1 Å². The molecule has 3 amide bonds. The number of alkyl halides is 3. The number of hydrazone groups is 1. The number of piperidine rings is 1. The summed E-state index contributed by atoms with van der Waals surface area (Å²) in [5.74, 6) is -1.41. The molecule has 11 nitrogen and oxygen atoms in total. The zero-order valence-electron chi connectivity index (χ0n) is 28.7. The van der Waals surface area contributed by atoms with Gasteiger partial charge in [-0.25, -0.2) is 10.2 Å². The number of hydrogen-bond acceptors (Lipinski definition) is 8. The van der Waals surface area contributed by atoms with Crippen molar-refractivity contribution in [3.05, 3.63) is 93.5 Å². The second-order valence-corrected chi connectivity index (χ2v) is 13.8. The summed E-state index contributed by atoms with van der Waals surface area (Å²) >= 11 is 7.23. The van der Waals surface area contributed by atoms with Crippen LogP contribution in [0, 0.1) is 5.41 Å². The van der Waals surface area contributed by atoms with Crippen molar-refractivity contribution < 1.29 is 37.5 Å². The van der Waals surface area contributed by atoms with Crippen LogP contribution >= 0.6 is 23.4 Å². The van der Waals surface area contributed by atoms with Gasteiger partial charge in [-0.15, -0.1) is 0 Å². The van der Waals surface area contributed by atoms with E-state index >= 15 is 0 Å². The number of nitrogens with zero attached hydrogens (tertiary/aromatic N) is 2. The lowest BCUT2D eigenvalue weighted by atomic mass is 10.1. The summed E-state index contributed by atoms with van der Waals surface area (Å²) in [6.45, 7) is 2.02. The number of carboxylic acid groups (broad SMARTS) is 1. The molecule has 1 heterocycles. The van der Waals surface area contributed by atoms with Crippen molar-refractivity contribution in [2.45, 2.75) is 56.9 Å². The van der Waals surface area contributed by atoms with E-state index in [1.807, 2.05) is 12.1 Å². The lowest BCUT2D eigenvalue weighted by molar-refractivity contribution is -0.137. The average molecular weight is 773 g/mol. The number of anilines is 2. The third-order valence-corrected chi connectivity index (χ3v) is 9.62. The van der Waals surface area contributed by atoms with Crippen LogP contribution in [0.2, 0.25) is 5.02 Å². The smallest absolute Gasteiger partial charge is 0.417 e. The topological polar surface area (TPSA) is 164 Å². The maximum absolute atomic E-state index is 13.4. The Morgan fingerprint density at radius 1 is 0.962 bits per heavy atom. The highest BCUT2D eigenvalue weighted by atomic mass is 35.5. The van der Waals surface area contributed by atoms with Crippen LogP contribution < -0.4 is 21.0 Å². The molecule has 3 aromatic carbocycles. The number of aliphatic carboxylic acids is 1. The van der Waals surface area contributed by atoms with Gasteiger partial charge in [0.1, 0.15) is 5.71 Å². The number of nitrogens with one attached hydrogen (secondary N) is 4. The van der Waals surface area contributed by atoms with Crippen LogP contribution in [-0.4, -0.2) is 66.1 Å². The molecule has 3 aromatic rings. The molecule has 1 aliphatic rings. The minimum atomic E-state index is -4.66. The zero-order chi connectivity index (χ0) is 38.4. The molecule has 0 atom stereocenters. The lowest BCUT2D eigenvalue weighted by Crippen LogP contribution is -2.30. The predicted molar refractivity (Wildman–Crippen MR) is 201 cm³/mol. The fourth-order valence-corrected chi connectivity index (χ4v) is 6.56. The van der Waals surface area contributed by atoms with Gasteiger partial charge < -0.3 is 20.6 Å². The number of unbranched alkanes of at least 4 members (excludes halogenated alkanes) is 1. The third-order valence-electron chi connectivity index (χ3n) is 8.26. The van der Waals surface area contributed by atoms with Crippen molar-refractivity contribution in [3.8, 4) is 0 Å². The quantitative estimate of drug-likeness (QED) is 0.0543. The highest BCUT2D eigenvalue weighted by Gasteiger charge is 2.33. The van der Waals surface area contributed by atoms with Crippen molar-refractivity contribution >= 4 is 70.4 Å². The number of benzene rings is 3. The Kier molecular flexibility index (Phi) is 15.3. The Morgan fingerprint density at radius 2 is 1.74 bits per heavy atom. The largest absolute Gasteiger partial charge is 0.477 e. The second kappa shape index (κ2) is 19.8. The van der Waals surface area contributed by atoms with E-state index < -0.39 is 34.5 Å². The summed E-state index contributed by atoms with van der Waals surface area (Å²) in [6.07, 6.45) is 1.03. The molecule has 0 aromatic heterocycles. The summed E-state index contributed by atoms with van der Waals surface area (Å²) < 4.78 is 39.9. The first-order chi connectivity index (χ1) is 25.3. The fraction of sp³-hybridized carbons (Fsp3) is 0.351. The Labute approximate surface area is 314 Å². The van der Waals surface area contributed by atoms with E-state index in [0.29, 0.717) is 36.5 Å². The van der Waals surface area contributed by atoms with Crippen molar-refractivity contribution in [1.82, 2.24) is 10.7 Å². The molecule has 1 saturated heterocycles. The Hall–Kier alpha value is -4.89. The normalized spacial score (nSPS) is 13.1. The van der Waals surface area contributed by atoms with E-state index in [0.717, 1.165) is 62.0 Å². The summed E-state index contributed by atoms with van der Waals surface area (Å²) in [5.41, 5.74) is 3.40. The molecular formula is C37H40ClF3N6O5S. The molecule has 16 heteroatoms. The van der Waals surface area contributed by atoms with E-state index in [2.05, 4.69) is 26.1 Å². The van der Waals surface area contributed by atoms with Crippen molar-refractivity contribution in [1.29, 1.82) is 5.41 Å². The molecule has 4 rings (SSSR count). The highest BCUT2D eigenvalue weighted by molar-refractivity contribution is 7.98. The van der Waals surface area contributed by atoms with Gasteiger partial charge in [0, 0.05) is 48.8 Å². The van der Waals surface area contributed by atoms with Crippen molar-refractivity contribution in [2.24, 2.45) is 5.10 Å². The Morgan fingerprint density at radius 3 is 2.47 bits per heavy atom. The van der Waals surface area contributed by atoms with E-state index in [9.17, 15) is 32.3 Å². The third kappa shape index (κ3) is 12.9. The van der Waals surface area contributed by atoms with E-state index in [1.165, 1.54) is 17.8 Å². The van der Waals surface area contributed by atoms with Gasteiger partial charge in [-0.05, 0) is 92.1 Å². The molecule has 282 valence electrons. The van der Waals surface area contributed by atoms with Crippen LogP contribution in [0.5, 0.6) is 0 Å². The second-order valence-electron chi connectivity index (χ2n) is 12.3. The van der Waals surface area contributed by atoms with E-state index in [1.54, 1.807) is 30.3 Å². The van der Waals surface area contributed by atoms with Crippen LogP contribution in [0.3, 0.4) is 0 Å². The molecule has 5 N–H and O–H groups in total. The van der Waals surface area contributed by atoms with Gasteiger partial charge in [0.25, 0.3) is 11.8 Å². The maximum atomic E-state index is 13.4. The van der Waals surface area contributed by atoms with Gasteiger partial charge in [0.15, 0.2) is 0 Å². The number of rotatable bonds is 17. The number of carbonyl (C=O) groups is 4. The van der Waals surface area contributed by atoms with Crippen LogP contribution in [-0.2, 0) is 21.5 Å². The summed E-state index contributed by atoms with van der Waals surface area (Å²) in [7, 11) is 0. The van der Waals surface area contributed by atoms with Gasteiger partial charge in [-0.3, -0.25) is 19.8 Å². The molecule has 1 fully saturated rings. The van der Waals surface area contributed by atoms with Gasteiger partial charge >= 0.3 is 12.1 Å². The highest BCUT2D eigenvalue weighted by Crippen LogP contribution is 2.35. The molecular weight excluding hydrogens is 733 g/mol. The first-order valence-electron chi connectivity index (χ1n) is 17.0. The van der Waals surface area contributed by atoms with Gasteiger partial charge in [0.05, 0.1) is 28.1 Å². The standard InChI is InChI=1S/C37H40ClF3N6O5S/c38-30-12-10-24(20-29(30)37(39,40)41)22-44-46-35(50)28-21-27(47-16-4-1-5-17-47)11-13-32(28)45-34(49)26-8-6-7-25(19-26)23-53-18-14-33(48)43-15-3-2-9-31(42)36(51)52/h6-8,10-13,19-22,42H,1-5,9,14-18,23H2,(H,43,48)(H,45,49)(H,46,50)(H,51,52)/b42-31?,44-22+. The number of hydrogen-bond donors (Lipinski definition) is 5. The molecule has 1 aliphatic heterocycles. The fourth-order valence-electron chi connectivity index (χ4n) is 5.45. The molecule has 0 saturated carbocycles. The number of halogens is 4. The van der Waals surface area contributed by atoms with Crippen LogP contribution in [0.4, 0.5) is 24.5 Å². The number of thioether (sulfide) groups is 1. The van der Waals surface area contributed by atoms with Gasteiger partial charge in [-0.2, -0.15) is 30.0 Å². The Bertz CT molecular complexity index is 1830. The van der Waals surface area contributed by atoms with Crippen LogP contribution in [0.1, 0.15) is 82.4 Å². The lowest BCUT2D eigenvalue weighted by Gasteiger charge is -2.29. The average Bonchev–Trinajstić information content (AvgIpc) is 3.13. The van der Waals surface area contributed by atoms with E-state index in [-0.39, 0.29) is 41.3 Å². The molecule has 0 aliphatic carbocycles. The predicted octanol–water partition coefficient (Wildman–Crippen LogP) is 7.38. The summed E-state index contributed by atoms with van der Waals surface area (Å²) in [4.78, 5) is 51.8.